The number of hydrogen-bond acceptors (Lipinski definition) is 4. The Morgan fingerprint density at radius 1 is 1.45 bits per heavy atom. The summed E-state index contributed by atoms with van der Waals surface area (Å²) in [4.78, 5) is 12.3. The number of benzene rings is 1. The number of amides is 1. The molecule has 0 aliphatic heterocycles. The van der Waals surface area contributed by atoms with Crippen LogP contribution in [-0.2, 0) is 0 Å². The molecule has 0 saturated heterocycles. The average Bonchev–Trinajstić information content (AvgIpc) is 2.81. The predicted molar refractivity (Wildman–Crippen MR) is 74.4 cm³/mol. The molecular formula is C15H15N3O2. The third kappa shape index (κ3) is 2.69. The predicted octanol–water partition coefficient (Wildman–Crippen LogP) is 3.23. The number of aryl methyl sites for hydroxylation is 1. The largest absolute Gasteiger partial charge is 0.360 e. The quantitative estimate of drug-likeness (QED) is 0.927. The monoisotopic (exact) mass is 269 g/mol. The van der Waals surface area contributed by atoms with Gasteiger partial charge in [0.15, 0.2) is 5.76 Å². The molecule has 0 atom stereocenters. The van der Waals surface area contributed by atoms with Gasteiger partial charge in [0.1, 0.15) is 5.56 Å². The summed E-state index contributed by atoms with van der Waals surface area (Å²) in [6, 6.07) is 8.79. The Labute approximate surface area is 117 Å². The van der Waals surface area contributed by atoms with Crippen molar-refractivity contribution in [2.45, 2.75) is 26.7 Å². The van der Waals surface area contributed by atoms with E-state index in [1.165, 1.54) is 0 Å². The standard InChI is InChI=1S/C15H15N3O2/c1-9(2)14-13(10(3)18-20-14)15(19)17-12-6-4-5-11(7-12)8-16/h4-7,9H,1-3H3,(H,17,19). The van der Waals surface area contributed by atoms with Gasteiger partial charge >= 0.3 is 0 Å². The van der Waals surface area contributed by atoms with Crippen molar-refractivity contribution in [2.24, 2.45) is 0 Å². The number of hydrogen-bond donors (Lipinski definition) is 1. The van der Waals surface area contributed by atoms with Crippen LogP contribution in [0.15, 0.2) is 28.8 Å². The minimum Gasteiger partial charge on any atom is -0.360 e. The molecule has 0 saturated carbocycles. The van der Waals surface area contributed by atoms with Crippen molar-refractivity contribution in [1.82, 2.24) is 5.16 Å². The van der Waals surface area contributed by atoms with Gasteiger partial charge in [-0.15, -0.1) is 0 Å². The first-order valence-electron chi connectivity index (χ1n) is 6.30. The third-order valence-corrected chi connectivity index (χ3v) is 2.89. The van der Waals surface area contributed by atoms with E-state index in [0.29, 0.717) is 28.3 Å². The van der Waals surface area contributed by atoms with E-state index in [0.717, 1.165) is 0 Å². The van der Waals surface area contributed by atoms with Crippen molar-refractivity contribution in [2.75, 3.05) is 5.32 Å². The van der Waals surface area contributed by atoms with Crippen molar-refractivity contribution in [3.63, 3.8) is 0 Å². The molecule has 20 heavy (non-hydrogen) atoms. The molecule has 2 rings (SSSR count). The van der Waals surface area contributed by atoms with Crippen molar-refractivity contribution < 1.29 is 9.32 Å². The minimum absolute atomic E-state index is 0.0717. The highest BCUT2D eigenvalue weighted by Gasteiger charge is 2.22. The van der Waals surface area contributed by atoms with E-state index in [-0.39, 0.29) is 11.8 Å². The average molecular weight is 269 g/mol. The molecule has 0 radical (unpaired) electrons. The van der Waals surface area contributed by atoms with Crippen LogP contribution in [0.1, 0.15) is 47.1 Å². The van der Waals surface area contributed by atoms with Gasteiger partial charge in [-0.25, -0.2) is 0 Å². The first-order chi connectivity index (χ1) is 9.52. The smallest absolute Gasteiger partial charge is 0.261 e. The fraction of sp³-hybridized carbons (Fsp3) is 0.267. The first-order valence-corrected chi connectivity index (χ1v) is 6.30. The number of nitriles is 1. The number of nitrogens with zero attached hydrogens (tertiary/aromatic N) is 2. The van der Waals surface area contributed by atoms with E-state index < -0.39 is 0 Å². The second-order valence-electron chi connectivity index (χ2n) is 4.81. The zero-order chi connectivity index (χ0) is 14.7. The van der Waals surface area contributed by atoms with Gasteiger partial charge in [0.25, 0.3) is 5.91 Å². The number of carbonyl (C=O) groups is 1. The van der Waals surface area contributed by atoms with Crippen LogP contribution in [0.3, 0.4) is 0 Å². The lowest BCUT2D eigenvalue weighted by Gasteiger charge is -2.07. The zero-order valence-electron chi connectivity index (χ0n) is 11.6. The van der Waals surface area contributed by atoms with Gasteiger partial charge in [-0.1, -0.05) is 25.1 Å². The molecule has 1 N–H and O–H groups in total. The normalized spacial score (nSPS) is 10.3. The molecule has 1 aromatic heterocycles. The lowest BCUT2D eigenvalue weighted by atomic mass is 10.0. The van der Waals surface area contributed by atoms with Crippen molar-refractivity contribution >= 4 is 11.6 Å². The Bertz CT molecular complexity index is 681. The molecule has 102 valence electrons. The van der Waals surface area contributed by atoms with Crippen LogP contribution in [-0.4, -0.2) is 11.1 Å². The summed E-state index contributed by atoms with van der Waals surface area (Å²) in [6.45, 7) is 5.61. The molecular weight excluding hydrogens is 254 g/mol. The maximum absolute atomic E-state index is 12.3. The topological polar surface area (TPSA) is 78.9 Å². The summed E-state index contributed by atoms with van der Waals surface area (Å²) in [5, 5.41) is 15.5. The summed E-state index contributed by atoms with van der Waals surface area (Å²) in [5.74, 6) is 0.362. The molecule has 5 heteroatoms. The van der Waals surface area contributed by atoms with Crippen molar-refractivity contribution in [3.8, 4) is 6.07 Å². The highest BCUT2D eigenvalue weighted by molar-refractivity contribution is 6.05. The van der Waals surface area contributed by atoms with Gasteiger partial charge < -0.3 is 9.84 Å². The SMILES string of the molecule is Cc1noc(C(C)C)c1C(=O)Nc1cccc(C#N)c1. The minimum atomic E-state index is -0.275. The Kier molecular flexibility index (Phi) is 3.85. The van der Waals surface area contributed by atoms with E-state index in [1.807, 2.05) is 19.9 Å². The molecule has 0 bridgehead atoms. The van der Waals surface area contributed by atoms with Crippen LogP contribution in [0, 0.1) is 18.3 Å². The van der Waals surface area contributed by atoms with Crippen LogP contribution in [0.2, 0.25) is 0 Å². The summed E-state index contributed by atoms with van der Waals surface area (Å²) in [5.41, 5.74) is 2.09. The van der Waals surface area contributed by atoms with Gasteiger partial charge in [-0.05, 0) is 25.1 Å². The third-order valence-electron chi connectivity index (χ3n) is 2.89. The van der Waals surface area contributed by atoms with Crippen molar-refractivity contribution in [1.29, 1.82) is 5.26 Å². The summed E-state index contributed by atoms with van der Waals surface area (Å²) in [7, 11) is 0. The van der Waals surface area contributed by atoms with E-state index in [9.17, 15) is 4.79 Å². The first kappa shape index (κ1) is 13.8. The molecule has 1 aromatic carbocycles. The summed E-state index contributed by atoms with van der Waals surface area (Å²) >= 11 is 0. The molecule has 2 aromatic rings. The lowest BCUT2D eigenvalue weighted by Crippen LogP contribution is -2.14. The van der Waals surface area contributed by atoms with Gasteiger partial charge in [0, 0.05) is 11.6 Å². The van der Waals surface area contributed by atoms with Crippen LogP contribution in [0.4, 0.5) is 5.69 Å². The highest BCUT2D eigenvalue weighted by atomic mass is 16.5. The second kappa shape index (κ2) is 5.57. The van der Waals surface area contributed by atoms with Gasteiger partial charge in [-0.2, -0.15) is 5.26 Å². The molecule has 0 unspecified atom stereocenters. The van der Waals surface area contributed by atoms with Crippen LogP contribution >= 0.6 is 0 Å². The molecule has 1 heterocycles. The fourth-order valence-corrected chi connectivity index (χ4v) is 1.92. The van der Waals surface area contributed by atoms with Gasteiger partial charge in [0.05, 0.1) is 17.3 Å². The molecule has 0 aliphatic rings. The van der Waals surface area contributed by atoms with Gasteiger partial charge in [-0.3, -0.25) is 4.79 Å². The zero-order valence-corrected chi connectivity index (χ0v) is 11.6. The fourth-order valence-electron chi connectivity index (χ4n) is 1.92. The maximum Gasteiger partial charge on any atom is 0.261 e. The van der Waals surface area contributed by atoms with Gasteiger partial charge in [0.2, 0.25) is 0 Å². The molecule has 0 spiro atoms. The lowest BCUT2D eigenvalue weighted by molar-refractivity contribution is 0.102. The maximum atomic E-state index is 12.3. The van der Waals surface area contributed by atoms with Crippen LogP contribution in [0.25, 0.3) is 0 Å². The number of rotatable bonds is 3. The second-order valence-corrected chi connectivity index (χ2v) is 4.81. The number of nitrogens with one attached hydrogen (secondary N) is 1. The molecule has 1 amide bonds. The molecule has 0 fully saturated rings. The van der Waals surface area contributed by atoms with E-state index >= 15 is 0 Å². The highest BCUT2D eigenvalue weighted by Crippen LogP contribution is 2.23. The Balaban J connectivity index is 2.29. The van der Waals surface area contributed by atoms with Crippen LogP contribution in [0.5, 0.6) is 0 Å². The summed E-state index contributed by atoms with van der Waals surface area (Å²) in [6.07, 6.45) is 0. The van der Waals surface area contributed by atoms with Crippen molar-refractivity contribution in [3.05, 3.63) is 46.8 Å². The number of aromatic nitrogens is 1. The molecule has 0 aliphatic carbocycles. The Morgan fingerprint density at radius 3 is 2.85 bits per heavy atom. The van der Waals surface area contributed by atoms with E-state index in [1.54, 1.807) is 31.2 Å². The Hall–Kier alpha value is -2.61. The number of carbonyl (C=O) groups excluding carboxylic acids is 1. The molecule has 5 nitrogen and oxygen atoms in total. The Morgan fingerprint density at radius 2 is 2.20 bits per heavy atom. The van der Waals surface area contributed by atoms with Crippen LogP contribution < -0.4 is 5.32 Å². The van der Waals surface area contributed by atoms with E-state index in [2.05, 4.69) is 10.5 Å². The summed E-state index contributed by atoms with van der Waals surface area (Å²) < 4.78 is 5.20. The van der Waals surface area contributed by atoms with E-state index in [4.69, 9.17) is 9.78 Å². The number of anilines is 1.